The molecule has 0 bridgehead atoms. The number of benzene rings is 2. The largest absolute Gasteiger partial charge is 0.325 e. The predicted octanol–water partition coefficient (Wildman–Crippen LogP) is 3.95. The van der Waals surface area contributed by atoms with E-state index in [-0.39, 0.29) is 17.3 Å². The molecule has 10 heteroatoms. The molecule has 0 radical (unpaired) electrons. The number of nitrogens with one attached hydrogen (secondary N) is 1. The number of carbonyl (C=O) groups excluding carboxylic acids is 1. The quantitative estimate of drug-likeness (QED) is 0.594. The van der Waals surface area contributed by atoms with Gasteiger partial charge in [-0.3, -0.25) is 4.79 Å². The van der Waals surface area contributed by atoms with Crippen LogP contribution < -0.4 is 5.32 Å². The highest BCUT2D eigenvalue weighted by molar-refractivity contribution is 8.00. The Kier molecular flexibility index (Phi) is 5.60. The number of nitrogens with zero attached hydrogens (tertiary/aromatic N) is 2. The second-order valence-corrected chi connectivity index (χ2v) is 10.6. The van der Waals surface area contributed by atoms with Gasteiger partial charge in [0.05, 0.1) is 15.1 Å². The van der Waals surface area contributed by atoms with Gasteiger partial charge in [-0.15, -0.1) is 11.3 Å². The van der Waals surface area contributed by atoms with E-state index in [0.29, 0.717) is 18.5 Å². The van der Waals surface area contributed by atoms with Crippen LogP contribution in [-0.4, -0.2) is 42.5 Å². The summed E-state index contributed by atoms with van der Waals surface area (Å²) in [6, 6.07) is 9.29. The van der Waals surface area contributed by atoms with E-state index in [1.54, 1.807) is 17.8 Å². The number of halogens is 1. The Hall–Kier alpha value is -2.01. The van der Waals surface area contributed by atoms with Gasteiger partial charge in [0.2, 0.25) is 15.9 Å². The summed E-state index contributed by atoms with van der Waals surface area (Å²) in [6.07, 6.45) is 2.98. The van der Waals surface area contributed by atoms with Gasteiger partial charge in [0.15, 0.2) is 4.34 Å². The SMILES string of the molecule is CSc1nc2ccc(NC(=O)C3CCCN3S(=O)(=O)c3ccc(F)cc3)cc2s1. The molecule has 2 aromatic carbocycles. The van der Waals surface area contributed by atoms with Crippen molar-refractivity contribution in [2.45, 2.75) is 28.1 Å². The van der Waals surface area contributed by atoms with E-state index in [0.717, 1.165) is 26.7 Å². The van der Waals surface area contributed by atoms with Crippen molar-refractivity contribution in [3.63, 3.8) is 0 Å². The number of thiazole rings is 1. The van der Waals surface area contributed by atoms with Gasteiger partial charge in [-0.05, 0) is 61.6 Å². The van der Waals surface area contributed by atoms with Crippen molar-refractivity contribution in [2.24, 2.45) is 0 Å². The van der Waals surface area contributed by atoms with Crippen molar-refractivity contribution in [3.05, 3.63) is 48.3 Å². The fraction of sp³-hybridized carbons (Fsp3) is 0.263. The van der Waals surface area contributed by atoms with Gasteiger partial charge < -0.3 is 5.32 Å². The average Bonchev–Trinajstić information content (AvgIpc) is 3.35. The molecule has 0 spiro atoms. The lowest BCUT2D eigenvalue weighted by Gasteiger charge is -2.23. The average molecular weight is 452 g/mol. The summed E-state index contributed by atoms with van der Waals surface area (Å²) in [5.41, 5.74) is 1.46. The monoisotopic (exact) mass is 451 g/mol. The molecule has 1 aliphatic rings. The number of aromatic nitrogens is 1. The van der Waals surface area contributed by atoms with Crippen LogP contribution in [0.1, 0.15) is 12.8 Å². The lowest BCUT2D eigenvalue weighted by atomic mass is 10.2. The lowest BCUT2D eigenvalue weighted by Crippen LogP contribution is -2.43. The highest BCUT2D eigenvalue weighted by atomic mass is 32.2. The maximum Gasteiger partial charge on any atom is 0.243 e. The summed E-state index contributed by atoms with van der Waals surface area (Å²) >= 11 is 3.10. The topological polar surface area (TPSA) is 79.4 Å². The molecular weight excluding hydrogens is 433 g/mol. The number of hydrogen-bond donors (Lipinski definition) is 1. The smallest absolute Gasteiger partial charge is 0.243 e. The van der Waals surface area contributed by atoms with E-state index in [9.17, 15) is 17.6 Å². The molecule has 29 heavy (non-hydrogen) atoms. The van der Waals surface area contributed by atoms with Crippen molar-refractivity contribution in [2.75, 3.05) is 18.1 Å². The van der Waals surface area contributed by atoms with Crippen LogP contribution in [0.2, 0.25) is 0 Å². The normalized spacial score (nSPS) is 17.7. The summed E-state index contributed by atoms with van der Waals surface area (Å²) < 4.78 is 42.1. The van der Waals surface area contributed by atoms with E-state index in [1.165, 1.54) is 27.8 Å². The third kappa shape index (κ3) is 4.02. The van der Waals surface area contributed by atoms with Crippen molar-refractivity contribution < 1.29 is 17.6 Å². The van der Waals surface area contributed by atoms with E-state index in [1.807, 2.05) is 18.4 Å². The number of sulfonamides is 1. The Morgan fingerprint density at radius 1 is 1.28 bits per heavy atom. The molecule has 3 aromatic rings. The van der Waals surface area contributed by atoms with Crippen LogP contribution in [0.4, 0.5) is 10.1 Å². The summed E-state index contributed by atoms with van der Waals surface area (Å²) in [4.78, 5) is 17.3. The molecule has 1 aromatic heterocycles. The van der Waals surface area contributed by atoms with Crippen molar-refractivity contribution in [1.82, 2.24) is 9.29 Å². The molecule has 2 heterocycles. The number of carbonyl (C=O) groups is 1. The first-order chi connectivity index (χ1) is 13.9. The molecule has 1 N–H and O–H groups in total. The van der Waals surface area contributed by atoms with Gasteiger partial charge in [0.25, 0.3) is 0 Å². The molecule has 1 fully saturated rings. The Labute approximate surface area is 176 Å². The molecule has 1 aliphatic heterocycles. The third-order valence-corrected chi connectivity index (χ3v) is 8.66. The second kappa shape index (κ2) is 8.02. The van der Waals surface area contributed by atoms with E-state index >= 15 is 0 Å². The van der Waals surface area contributed by atoms with Gasteiger partial charge in [-0.25, -0.2) is 17.8 Å². The third-order valence-electron chi connectivity index (χ3n) is 4.74. The molecule has 0 aliphatic carbocycles. The first kappa shape index (κ1) is 20.3. The highest BCUT2D eigenvalue weighted by Crippen LogP contribution is 2.31. The zero-order chi connectivity index (χ0) is 20.6. The van der Waals surface area contributed by atoms with Gasteiger partial charge >= 0.3 is 0 Å². The fourth-order valence-electron chi connectivity index (χ4n) is 3.33. The highest BCUT2D eigenvalue weighted by Gasteiger charge is 2.39. The Balaban J connectivity index is 1.55. The first-order valence-corrected chi connectivity index (χ1v) is 12.4. The number of thioether (sulfide) groups is 1. The van der Waals surface area contributed by atoms with Gasteiger partial charge in [-0.2, -0.15) is 4.31 Å². The minimum atomic E-state index is -3.88. The predicted molar refractivity (Wildman–Crippen MR) is 113 cm³/mol. The minimum absolute atomic E-state index is 0.0192. The van der Waals surface area contributed by atoms with Crippen molar-refractivity contribution in [1.29, 1.82) is 0 Å². The summed E-state index contributed by atoms with van der Waals surface area (Å²) in [5, 5.41) is 2.83. The van der Waals surface area contributed by atoms with E-state index in [2.05, 4.69) is 10.3 Å². The first-order valence-electron chi connectivity index (χ1n) is 8.91. The number of hydrogen-bond acceptors (Lipinski definition) is 6. The standard InChI is InChI=1S/C19H18FN3O3S3/c1-27-19-22-15-9-6-13(11-17(15)28-19)21-18(24)16-3-2-10-23(16)29(25,26)14-7-4-12(20)5-8-14/h4-9,11,16H,2-3,10H2,1H3,(H,21,24). The molecular formula is C19H18FN3O3S3. The van der Waals surface area contributed by atoms with Crippen LogP contribution in [0.5, 0.6) is 0 Å². The number of amides is 1. The van der Waals surface area contributed by atoms with E-state index < -0.39 is 21.9 Å². The molecule has 4 rings (SSSR count). The fourth-order valence-corrected chi connectivity index (χ4v) is 6.51. The molecule has 6 nitrogen and oxygen atoms in total. The van der Waals surface area contributed by atoms with Crippen molar-refractivity contribution in [3.8, 4) is 0 Å². The number of fused-ring (bicyclic) bond motifs is 1. The Morgan fingerprint density at radius 3 is 2.76 bits per heavy atom. The van der Waals surface area contributed by atoms with Crippen LogP contribution in [0.25, 0.3) is 10.2 Å². The Morgan fingerprint density at radius 2 is 2.03 bits per heavy atom. The lowest BCUT2D eigenvalue weighted by molar-refractivity contribution is -0.119. The maximum absolute atomic E-state index is 13.2. The van der Waals surface area contributed by atoms with Crippen molar-refractivity contribution >= 4 is 54.9 Å². The van der Waals surface area contributed by atoms with Crippen LogP contribution >= 0.6 is 23.1 Å². The van der Waals surface area contributed by atoms with Gasteiger partial charge in [-0.1, -0.05) is 11.8 Å². The van der Waals surface area contributed by atoms with Gasteiger partial charge in [0.1, 0.15) is 11.9 Å². The van der Waals surface area contributed by atoms with Crippen LogP contribution in [-0.2, 0) is 14.8 Å². The molecule has 1 amide bonds. The Bertz CT molecular complexity index is 1160. The zero-order valence-corrected chi connectivity index (χ0v) is 17.9. The molecule has 0 saturated carbocycles. The second-order valence-electron chi connectivity index (χ2n) is 6.58. The number of anilines is 1. The summed E-state index contributed by atoms with van der Waals surface area (Å²) in [6.45, 7) is 0.253. The molecule has 1 atom stereocenters. The zero-order valence-electron chi connectivity index (χ0n) is 15.5. The summed E-state index contributed by atoms with van der Waals surface area (Å²) in [7, 11) is -3.88. The van der Waals surface area contributed by atoms with Crippen LogP contribution in [0, 0.1) is 5.82 Å². The molecule has 152 valence electrons. The van der Waals surface area contributed by atoms with Crippen LogP contribution in [0.3, 0.4) is 0 Å². The van der Waals surface area contributed by atoms with E-state index in [4.69, 9.17) is 0 Å². The number of rotatable bonds is 5. The molecule has 1 unspecified atom stereocenters. The summed E-state index contributed by atoms with van der Waals surface area (Å²) in [5.74, 6) is -0.884. The van der Waals surface area contributed by atoms with Gasteiger partial charge in [0, 0.05) is 12.2 Å². The maximum atomic E-state index is 13.2. The van der Waals surface area contributed by atoms with Crippen LogP contribution in [0.15, 0.2) is 51.7 Å². The molecule has 1 saturated heterocycles. The minimum Gasteiger partial charge on any atom is -0.325 e.